The van der Waals surface area contributed by atoms with E-state index in [-0.39, 0.29) is 0 Å². The Labute approximate surface area is 127 Å². The van der Waals surface area contributed by atoms with Crippen LogP contribution in [0.3, 0.4) is 0 Å². The van der Waals surface area contributed by atoms with Gasteiger partial charge in [0.25, 0.3) is 0 Å². The van der Waals surface area contributed by atoms with Crippen LogP contribution in [0.1, 0.15) is 37.1 Å². The maximum atomic E-state index is 5.33. The summed E-state index contributed by atoms with van der Waals surface area (Å²) < 4.78 is 5.33. The molecule has 1 aliphatic heterocycles. The first-order valence-corrected chi connectivity index (χ1v) is 8.63. The maximum absolute atomic E-state index is 5.33. The summed E-state index contributed by atoms with van der Waals surface area (Å²) in [6.45, 7) is 9.04. The second kappa shape index (κ2) is 5.73. The lowest BCUT2D eigenvalue weighted by atomic mass is 9.88. The van der Waals surface area contributed by atoms with Crippen LogP contribution >= 0.6 is 0 Å². The van der Waals surface area contributed by atoms with E-state index in [2.05, 4.69) is 21.0 Å². The minimum absolute atomic E-state index is 0.919. The van der Waals surface area contributed by atoms with Crippen LogP contribution in [-0.2, 0) is 6.54 Å². The molecule has 0 radical (unpaired) electrons. The Bertz CT molecular complexity index is 478. The Morgan fingerprint density at radius 1 is 1.14 bits per heavy atom. The van der Waals surface area contributed by atoms with Crippen molar-refractivity contribution in [3.05, 3.63) is 17.5 Å². The molecule has 0 spiro atoms. The summed E-state index contributed by atoms with van der Waals surface area (Å²) in [5.41, 5.74) is 0.986. The number of piperazine rings is 1. The van der Waals surface area contributed by atoms with Gasteiger partial charge in [-0.3, -0.25) is 4.90 Å². The van der Waals surface area contributed by atoms with E-state index < -0.39 is 0 Å². The van der Waals surface area contributed by atoms with Gasteiger partial charge in [-0.05, 0) is 43.9 Å². The molecule has 2 heterocycles. The van der Waals surface area contributed by atoms with Crippen molar-refractivity contribution in [1.82, 2.24) is 15.0 Å². The minimum atomic E-state index is 0.919. The normalized spacial score (nSPS) is 33.9. The predicted octanol–water partition coefficient (Wildman–Crippen LogP) is 2.54. The van der Waals surface area contributed by atoms with Gasteiger partial charge in [0.05, 0.1) is 12.2 Å². The van der Waals surface area contributed by atoms with Crippen LogP contribution in [0.25, 0.3) is 0 Å². The molecular formula is C17H27N3O. The van der Waals surface area contributed by atoms with E-state index in [0.29, 0.717) is 0 Å². The van der Waals surface area contributed by atoms with Crippen LogP contribution in [0.15, 0.2) is 10.6 Å². The smallest absolute Gasteiger partial charge is 0.150 e. The number of fused-ring (bicyclic) bond motifs is 2. The molecule has 2 bridgehead atoms. The molecule has 3 unspecified atom stereocenters. The van der Waals surface area contributed by atoms with Crippen molar-refractivity contribution < 1.29 is 4.52 Å². The van der Waals surface area contributed by atoms with Gasteiger partial charge in [-0.25, -0.2) is 0 Å². The molecule has 2 saturated carbocycles. The number of hydrogen-bond acceptors (Lipinski definition) is 4. The molecule has 3 aliphatic rings. The fourth-order valence-electron chi connectivity index (χ4n) is 4.77. The lowest BCUT2D eigenvalue weighted by Gasteiger charge is -2.37. The van der Waals surface area contributed by atoms with Crippen molar-refractivity contribution in [2.75, 3.05) is 32.7 Å². The molecule has 21 heavy (non-hydrogen) atoms. The van der Waals surface area contributed by atoms with E-state index in [9.17, 15) is 0 Å². The third kappa shape index (κ3) is 3.02. The van der Waals surface area contributed by atoms with E-state index in [1.54, 1.807) is 0 Å². The van der Waals surface area contributed by atoms with Gasteiger partial charge in [-0.15, -0.1) is 0 Å². The van der Waals surface area contributed by atoms with E-state index in [4.69, 9.17) is 4.52 Å². The molecule has 0 amide bonds. The van der Waals surface area contributed by atoms with Gasteiger partial charge >= 0.3 is 0 Å². The average Bonchev–Trinajstić information content (AvgIpc) is 3.18. The number of hydrogen-bond donors (Lipinski definition) is 0. The molecular weight excluding hydrogens is 262 g/mol. The third-order valence-electron chi connectivity index (χ3n) is 5.90. The summed E-state index contributed by atoms with van der Waals surface area (Å²) in [4.78, 5) is 5.20. The molecule has 3 fully saturated rings. The molecule has 1 aromatic heterocycles. The molecule has 2 aliphatic carbocycles. The Kier molecular flexibility index (Phi) is 3.76. The lowest BCUT2D eigenvalue weighted by molar-refractivity contribution is 0.0957. The molecule has 1 aromatic rings. The first-order valence-electron chi connectivity index (χ1n) is 8.63. The van der Waals surface area contributed by atoms with E-state index in [0.717, 1.165) is 35.8 Å². The number of nitrogens with zero attached hydrogens (tertiary/aromatic N) is 3. The van der Waals surface area contributed by atoms with Gasteiger partial charge in [0, 0.05) is 38.8 Å². The van der Waals surface area contributed by atoms with Crippen LogP contribution in [0.4, 0.5) is 0 Å². The van der Waals surface area contributed by atoms with Crippen molar-refractivity contribution in [2.45, 2.75) is 39.2 Å². The van der Waals surface area contributed by atoms with E-state index in [1.165, 1.54) is 58.4 Å². The number of aromatic nitrogens is 1. The zero-order chi connectivity index (χ0) is 14.2. The van der Waals surface area contributed by atoms with E-state index >= 15 is 0 Å². The van der Waals surface area contributed by atoms with E-state index in [1.807, 2.05) is 6.92 Å². The first kappa shape index (κ1) is 13.8. The van der Waals surface area contributed by atoms with Crippen LogP contribution in [-0.4, -0.2) is 47.7 Å². The van der Waals surface area contributed by atoms with Crippen LogP contribution in [0.2, 0.25) is 0 Å². The van der Waals surface area contributed by atoms with Crippen molar-refractivity contribution in [3.8, 4) is 0 Å². The van der Waals surface area contributed by atoms with Crippen LogP contribution < -0.4 is 0 Å². The van der Waals surface area contributed by atoms with Crippen LogP contribution in [0.5, 0.6) is 0 Å². The number of aryl methyl sites for hydroxylation is 1. The third-order valence-corrected chi connectivity index (χ3v) is 5.90. The Morgan fingerprint density at radius 3 is 2.57 bits per heavy atom. The summed E-state index contributed by atoms with van der Waals surface area (Å²) in [7, 11) is 0. The average molecular weight is 289 g/mol. The topological polar surface area (TPSA) is 32.5 Å². The maximum Gasteiger partial charge on any atom is 0.150 e. The molecule has 4 rings (SSSR count). The molecule has 4 nitrogen and oxygen atoms in total. The van der Waals surface area contributed by atoms with Gasteiger partial charge in [0.15, 0.2) is 5.76 Å². The largest absolute Gasteiger partial charge is 0.360 e. The monoisotopic (exact) mass is 289 g/mol. The molecule has 0 N–H and O–H groups in total. The van der Waals surface area contributed by atoms with Gasteiger partial charge in [-0.1, -0.05) is 11.6 Å². The van der Waals surface area contributed by atoms with Crippen molar-refractivity contribution >= 4 is 0 Å². The summed E-state index contributed by atoms with van der Waals surface area (Å²) in [6.07, 6.45) is 6.09. The highest BCUT2D eigenvalue weighted by Gasteiger charge is 2.40. The zero-order valence-corrected chi connectivity index (χ0v) is 13.1. The molecule has 116 valence electrons. The SMILES string of the molecule is Cc1cc(CN2CCN(CC3CC4CCC3C4)CC2)on1. The highest BCUT2D eigenvalue weighted by Crippen LogP contribution is 2.48. The second-order valence-electron chi connectivity index (χ2n) is 7.45. The van der Waals surface area contributed by atoms with Gasteiger partial charge in [-0.2, -0.15) is 0 Å². The zero-order valence-electron chi connectivity index (χ0n) is 13.1. The summed E-state index contributed by atoms with van der Waals surface area (Å²) in [6, 6.07) is 2.06. The first-order chi connectivity index (χ1) is 10.3. The Hall–Kier alpha value is -0.870. The molecule has 0 aromatic carbocycles. The quantitative estimate of drug-likeness (QED) is 0.853. The van der Waals surface area contributed by atoms with Gasteiger partial charge in [0.2, 0.25) is 0 Å². The van der Waals surface area contributed by atoms with Crippen molar-refractivity contribution in [1.29, 1.82) is 0 Å². The molecule has 1 saturated heterocycles. The Balaban J connectivity index is 1.23. The van der Waals surface area contributed by atoms with Crippen molar-refractivity contribution in [3.63, 3.8) is 0 Å². The highest BCUT2D eigenvalue weighted by molar-refractivity contribution is 5.03. The molecule has 4 heteroatoms. The van der Waals surface area contributed by atoms with Gasteiger partial charge < -0.3 is 9.42 Å². The molecule has 3 atom stereocenters. The van der Waals surface area contributed by atoms with Crippen LogP contribution in [0, 0.1) is 24.7 Å². The predicted molar refractivity (Wildman–Crippen MR) is 81.9 cm³/mol. The lowest BCUT2D eigenvalue weighted by Crippen LogP contribution is -2.47. The van der Waals surface area contributed by atoms with Crippen molar-refractivity contribution in [2.24, 2.45) is 17.8 Å². The fourth-order valence-corrected chi connectivity index (χ4v) is 4.77. The second-order valence-corrected chi connectivity index (χ2v) is 7.45. The summed E-state index contributed by atoms with van der Waals surface area (Å²) in [5, 5.41) is 3.98. The Morgan fingerprint density at radius 2 is 1.95 bits per heavy atom. The summed E-state index contributed by atoms with van der Waals surface area (Å²) >= 11 is 0. The highest BCUT2D eigenvalue weighted by atomic mass is 16.5. The van der Waals surface area contributed by atoms with Gasteiger partial charge in [0.1, 0.15) is 0 Å². The fraction of sp³-hybridized carbons (Fsp3) is 0.824. The minimum Gasteiger partial charge on any atom is -0.360 e. The standard InChI is InChI=1S/C17H27N3O/c1-13-8-17(21-18-13)12-20-6-4-19(5-7-20)11-16-10-14-2-3-15(16)9-14/h8,14-16H,2-7,9-12H2,1H3. The summed E-state index contributed by atoms with van der Waals surface area (Å²) in [5.74, 6) is 4.16. The number of rotatable bonds is 4.